The SMILES string of the molecule is CCC(CC)(CC)Nc1nc2ccccc2cc1C#N. The van der Waals surface area contributed by atoms with E-state index in [9.17, 15) is 5.26 Å². The van der Waals surface area contributed by atoms with E-state index < -0.39 is 0 Å². The van der Waals surface area contributed by atoms with Crippen molar-refractivity contribution in [2.45, 2.75) is 45.6 Å². The Morgan fingerprint density at radius 1 is 1.15 bits per heavy atom. The fourth-order valence-corrected chi connectivity index (χ4v) is 2.56. The summed E-state index contributed by atoms with van der Waals surface area (Å²) in [6.45, 7) is 6.52. The van der Waals surface area contributed by atoms with Crippen LogP contribution in [0.1, 0.15) is 45.6 Å². The minimum Gasteiger partial charge on any atom is -0.364 e. The van der Waals surface area contributed by atoms with Crippen molar-refractivity contribution >= 4 is 16.7 Å². The van der Waals surface area contributed by atoms with E-state index in [1.807, 2.05) is 30.3 Å². The van der Waals surface area contributed by atoms with Crippen LogP contribution in [0, 0.1) is 11.3 Å². The molecule has 0 spiro atoms. The lowest BCUT2D eigenvalue weighted by atomic mass is 9.89. The largest absolute Gasteiger partial charge is 0.364 e. The second kappa shape index (κ2) is 5.92. The number of rotatable bonds is 5. The van der Waals surface area contributed by atoms with E-state index in [-0.39, 0.29) is 5.54 Å². The van der Waals surface area contributed by atoms with Crippen LogP contribution in [0.5, 0.6) is 0 Å². The summed E-state index contributed by atoms with van der Waals surface area (Å²) in [4.78, 5) is 4.64. The van der Waals surface area contributed by atoms with Crippen molar-refractivity contribution in [1.82, 2.24) is 4.98 Å². The normalized spacial score (nSPS) is 11.3. The Morgan fingerprint density at radius 3 is 2.40 bits per heavy atom. The van der Waals surface area contributed by atoms with E-state index in [4.69, 9.17) is 0 Å². The molecule has 1 aromatic heterocycles. The third kappa shape index (κ3) is 2.60. The molecule has 0 aliphatic carbocycles. The second-order valence-electron chi connectivity index (χ2n) is 5.16. The molecule has 1 aromatic carbocycles. The van der Waals surface area contributed by atoms with Gasteiger partial charge in [0.25, 0.3) is 0 Å². The molecular weight excluding hydrogens is 246 g/mol. The van der Waals surface area contributed by atoms with Crippen LogP contribution in [0.25, 0.3) is 10.9 Å². The molecule has 1 heterocycles. The van der Waals surface area contributed by atoms with Gasteiger partial charge in [-0.25, -0.2) is 4.98 Å². The van der Waals surface area contributed by atoms with Crippen molar-refractivity contribution in [2.75, 3.05) is 5.32 Å². The number of nitrogens with one attached hydrogen (secondary N) is 1. The Labute approximate surface area is 120 Å². The molecule has 2 aromatic rings. The zero-order chi connectivity index (χ0) is 14.6. The zero-order valence-electron chi connectivity index (χ0n) is 12.4. The van der Waals surface area contributed by atoms with Crippen LogP contribution in [0.3, 0.4) is 0 Å². The van der Waals surface area contributed by atoms with E-state index in [2.05, 4.69) is 37.1 Å². The van der Waals surface area contributed by atoms with Gasteiger partial charge in [0, 0.05) is 10.9 Å². The first-order valence-electron chi connectivity index (χ1n) is 7.26. The molecule has 2 rings (SSSR count). The average molecular weight is 267 g/mol. The predicted molar refractivity (Wildman–Crippen MR) is 83.7 cm³/mol. The van der Waals surface area contributed by atoms with Gasteiger partial charge in [-0.15, -0.1) is 0 Å². The van der Waals surface area contributed by atoms with Crippen LogP contribution in [0.15, 0.2) is 30.3 Å². The van der Waals surface area contributed by atoms with Gasteiger partial charge in [0.2, 0.25) is 0 Å². The van der Waals surface area contributed by atoms with Gasteiger partial charge in [0.15, 0.2) is 0 Å². The third-order valence-electron chi connectivity index (χ3n) is 4.26. The molecule has 104 valence electrons. The molecule has 0 aliphatic rings. The third-order valence-corrected chi connectivity index (χ3v) is 4.26. The van der Waals surface area contributed by atoms with Crippen LogP contribution in [0.4, 0.5) is 5.82 Å². The van der Waals surface area contributed by atoms with E-state index in [1.165, 1.54) is 0 Å². The lowest BCUT2D eigenvalue weighted by Crippen LogP contribution is -2.36. The maximum Gasteiger partial charge on any atom is 0.145 e. The minimum absolute atomic E-state index is 0.0149. The molecule has 20 heavy (non-hydrogen) atoms. The highest BCUT2D eigenvalue weighted by atomic mass is 15.1. The summed E-state index contributed by atoms with van der Waals surface area (Å²) in [7, 11) is 0. The molecular formula is C17H21N3. The first-order chi connectivity index (χ1) is 9.68. The summed E-state index contributed by atoms with van der Waals surface area (Å²) in [5.74, 6) is 0.705. The fourth-order valence-electron chi connectivity index (χ4n) is 2.56. The lowest BCUT2D eigenvalue weighted by Gasteiger charge is -2.32. The average Bonchev–Trinajstić information content (AvgIpc) is 2.52. The highest BCUT2D eigenvalue weighted by Gasteiger charge is 2.25. The van der Waals surface area contributed by atoms with Crippen LogP contribution in [-0.4, -0.2) is 10.5 Å². The summed E-state index contributed by atoms with van der Waals surface area (Å²) in [6, 6.07) is 12.1. The molecule has 0 bridgehead atoms. The number of aromatic nitrogens is 1. The van der Waals surface area contributed by atoms with Crippen molar-refractivity contribution in [2.24, 2.45) is 0 Å². The van der Waals surface area contributed by atoms with Gasteiger partial charge in [0.1, 0.15) is 11.9 Å². The quantitative estimate of drug-likeness (QED) is 0.868. The number of benzene rings is 1. The molecule has 1 N–H and O–H groups in total. The molecule has 0 unspecified atom stereocenters. The maximum atomic E-state index is 9.36. The summed E-state index contributed by atoms with van der Waals surface area (Å²) >= 11 is 0. The fraction of sp³-hybridized carbons (Fsp3) is 0.412. The Bertz CT molecular complexity index is 628. The smallest absolute Gasteiger partial charge is 0.145 e. The topological polar surface area (TPSA) is 48.7 Å². The molecule has 0 radical (unpaired) electrons. The lowest BCUT2D eigenvalue weighted by molar-refractivity contribution is 0.419. The summed E-state index contributed by atoms with van der Waals surface area (Å²) < 4.78 is 0. The van der Waals surface area contributed by atoms with E-state index in [1.54, 1.807) is 0 Å². The van der Waals surface area contributed by atoms with Crippen molar-refractivity contribution < 1.29 is 0 Å². The van der Waals surface area contributed by atoms with E-state index in [0.29, 0.717) is 11.4 Å². The number of hydrogen-bond donors (Lipinski definition) is 1. The zero-order valence-corrected chi connectivity index (χ0v) is 12.4. The first-order valence-corrected chi connectivity index (χ1v) is 7.26. The van der Waals surface area contributed by atoms with Gasteiger partial charge in [-0.1, -0.05) is 39.0 Å². The molecule has 0 atom stereocenters. The Morgan fingerprint density at radius 2 is 1.80 bits per heavy atom. The Kier molecular flexibility index (Phi) is 4.24. The number of nitriles is 1. The summed E-state index contributed by atoms with van der Waals surface area (Å²) in [5, 5.41) is 13.9. The first kappa shape index (κ1) is 14.3. The van der Waals surface area contributed by atoms with Gasteiger partial charge < -0.3 is 5.32 Å². The van der Waals surface area contributed by atoms with Crippen molar-refractivity contribution in [3.8, 4) is 6.07 Å². The number of anilines is 1. The number of pyridine rings is 1. The molecule has 0 saturated carbocycles. The Hall–Kier alpha value is -2.08. The number of para-hydroxylation sites is 1. The summed E-state index contributed by atoms with van der Waals surface area (Å²) in [6.07, 6.45) is 3.04. The monoisotopic (exact) mass is 267 g/mol. The molecule has 3 heteroatoms. The molecule has 0 aliphatic heterocycles. The number of fused-ring (bicyclic) bond motifs is 1. The van der Waals surface area contributed by atoms with Crippen LogP contribution in [-0.2, 0) is 0 Å². The standard InChI is InChI=1S/C17H21N3/c1-4-17(5-2,6-3)20-16-14(12-18)11-13-9-7-8-10-15(13)19-16/h7-11H,4-6H2,1-3H3,(H,19,20). The van der Waals surface area contributed by atoms with Gasteiger partial charge in [-0.2, -0.15) is 5.26 Å². The van der Waals surface area contributed by atoms with Crippen molar-refractivity contribution in [1.29, 1.82) is 5.26 Å². The van der Waals surface area contributed by atoms with Crippen molar-refractivity contribution in [3.63, 3.8) is 0 Å². The Balaban J connectivity index is 2.50. The molecule has 0 saturated heterocycles. The highest BCUT2D eigenvalue weighted by molar-refractivity contribution is 5.82. The van der Waals surface area contributed by atoms with E-state index >= 15 is 0 Å². The van der Waals surface area contributed by atoms with Gasteiger partial charge >= 0.3 is 0 Å². The molecule has 0 amide bonds. The van der Waals surface area contributed by atoms with E-state index in [0.717, 1.165) is 30.2 Å². The van der Waals surface area contributed by atoms with Gasteiger partial charge in [-0.3, -0.25) is 0 Å². The van der Waals surface area contributed by atoms with Crippen LogP contribution >= 0.6 is 0 Å². The van der Waals surface area contributed by atoms with Crippen LogP contribution < -0.4 is 5.32 Å². The van der Waals surface area contributed by atoms with Crippen molar-refractivity contribution in [3.05, 3.63) is 35.9 Å². The minimum atomic E-state index is 0.0149. The van der Waals surface area contributed by atoms with Crippen LogP contribution in [0.2, 0.25) is 0 Å². The number of hydrogen-bond acceptors (Lipinski definition) is 3. The molecule has 0 fully saturated rings. The molecule has 3 nitrogen and oxygen atoms in total. The predicted octanol–water partition coefficient (Wildman–Crippen LogP) is 4.49. The number of nitrogens with zero attached hydrogens (tertiary/aromatic N) is 2. The summed E-state index contributed by atoms with van der Waals surface area (Å²) in [5.41, 5.74) is 1.55. The van der Waals surface area contributed by atoms with Gasteiger partial charge in [0.05, 0.1) is 11.1 Å². The highest BCUT2D eigenvalue weighted by Crippen LogP contribution is 2.28. The maximum absolute atomic E-state index is 9.36. The second-order valence-corrected chi connectivity index (χ2v) is 5.16. The van der Waals surface area contributed by atoms with Gasteiger partial charge in [-0.05, 0) is 31.4 Å².